The molecule has 0 aromatic heterocycles. The van der Waals surface area contributed by atoms with Gasteiger partial charge >= 0.3 is 0 Å². The molecule has 4 heteroatoms. The number of hydrogen-bond donors (Lipinski definition) is 2. The Morgan fingerprint density at radius 2 is 2.38 bits per heavy atom. The molecule has 0 saturated carbocycles. The van der Waals surface area contributed by atoms with Crippen LogP contribution in [-0.2, 0) is 9.53 Å². The third-order valence-corrected chi connectivity index (χ3v) is 3.59. The molecule has 0 radical (unpaired) electrons. The molecule has 0 spiro atoms. The predicted molar refractivity (Wildman–Crippen MR) is 62.2 cm³/mol. The predicted octanol–water partition coefficient (Wildman–Crippen LogP) is 0.670. The molecule has 2 fully saturated rings. The molecule has 2 saturated heterocycles. The molecule has 2 aliphatic rings. The van der Waals surface area contributed by atoms with Crippen molar-refractivity contribution >= 4 is 5.91 Å². The van der Waals surface area contributed by atoms with E-state index in [-0.39, 0.29) is 17.9 Å². The number of ether oxygens (including phenoxy) is 1. The Bertz CT molecular complexity index is 239. The van der Waals surface area contributed by atoms with Crippen molar-refractivity contribution in [1.29, 1.82) is 0 Å². The Morgan fingerprint density at radius 1 is 1.50 bits per heavy atom. The first kappa shape index (κ1) is 11.9. The first-order valence-corrected chi connectivity index (χ1v) is 6.44. The number of amides is 1. The lowest BCUT2D eigenvalue weighted by molar-refractivity contribution is -0.127. The summed E-state index contributed by atoms with van der Waals surface area (Å²) in [5.74, 6) is 0.268. The van der Waals surface area contributed by atoms with Gasteiger partial charge in [-0.25, -0.2) is 0 Å². The number of carbonyl (C=O) groups excluding carboxylic acids is 1. The highest BCUT2D eigenvalue weighted by molar-refractivity contribution is 5.79. The van der Waals surface area contributed by atoms with E-state index in [4.69, 9.17) is 4.74 Å². The van der Waals surface area contributed by atoms with E-state index in [9.17, 15) is 4.79 Å². The SMILES string of the molecule is CCC1OCCC1C(=O)N[C@H]1CCCNC1. The van der Waals surface area contributed by atoms with Crippen LogP contribution < -0.4 is 10.6 Å². The van der Waals surface area contributed by atoms with Gasteiger partial charge in [0.25, 0.3) is 0 Å². The molecule has 0 aliphatic carbocycles. The highest BCUT2D eigenvalue weighted by Crippen LogP contribution is 2.23. The lowest BCUT2D eigenvalue weighted by atomic mass is 9.97. The standard InChI is InChI=1S/C12H22N2O2/c1-2-11-10(5-7-16-11)12(15)14-9-4-3-6-13-8-9/h9-11,13H,2-8H2,1H3,(H,14,15)/t9-,10?,11?/m0/s1. The Hall–Kier alpha value is -0.610. The normalized spacial score (nSPS) is 34.9. The number of piperidine rings is 1. The maximum atomic E-state index is 12.1. The molecule has 0 aromatic rings. The van der Waals surface area contributed by atoms with Crippen LogP contribution in [0.4, 0.5) is 0 Å². The molecule has 2 aliphatic heterocycles. The Labute approximate surface area is 97.1 Å². The quantitative estimate of drug-likeness (QED) is 0.743. The highest BCUT2D eigenvalue weighted by Gasteiger charge is 2.33. The molecule has 2 heterocycles. The molecule has 0 aromatic carbocycles. The summed E-state index contributed by atoms with van der Waals surface area (Å²) >= 11 is 0. The second kappa shape index (κ2) is 5.64. The van der Waals surface area contributed by atoms with Crippen LogP contribution in [0.15, 0.2) is 0 Å². The smallest absolute Gasteiger partial charge is 0.226 e. The highest BCUT2D eigenvalue weighted by atomic mass is 16.5. The molecule has 0 bridgehead atoms. The van der Waals surface area contributed by atoms with Crippen LogP contribution in [0.3, 0.4) is 0 Å². The summed E-state index contributed by atoms with van der Waals surface area (Å²) in [5.41, 5.74) is 0. The topological polar surface area (TPSA) is 50.4 Å². The van der Waals surface area contributed by atoms with E-state index in [0.717, 1.165) is 45.4 Å². The van der Waals surface area contributed by atoms with E-state index in [2.05, 4.69) is 17.6 Å². The average Bonchev–Trinajstić information content (AvgIpc) is 2.78. The van der Waals surface area contributed by atoms with Crippen molar-refractivity contribution in [2.24, 2.45) is 5.92 Å². The molecular formula is C12H22N2O2. The number of carbonyl (C=O) groups is 1. The van der Waals surface area contributed by atoms with Crippen LogP contribution >= 0.6 is 0 Å². The van der Waals surface area contributed by atoms with Gasteiger partial charge in [-0.1, -0.05) is 6.92 Å². The van der Waals surface area contributed by atoms with E-state index < -0.39 is 0 Å². The van der Waals surface area contributed by atoms with Crippen LogP contribution in [0, 0.1) is 5.92 Å². The summed E-state index contributed by atoms with van der Waals surface area (Å²) in [6, 6.07) is 0.319. The van der Waals surface area contributed by atoms with Gasteiger partial charge in [0, 0.05) is 19.2 Å². The summed E-state index contributed by atoms with van der Waals surface area (Å²) in [6.07, 6.45) is 4.20. The fourth-order valence-electron chi connectivity index (χ4n) is 2.63. The van der Waals surface area contributed by atoms with E-state index in [0.29, 0.717) is 6.04 Å². The maximum absolute atomic E-state index is 12.1. The van der Waals surface area contributed by atoms with Crippen molar-refractivity contribution in [2.75, 3.05) is 19.7 Å². The number of rotatable bonds is 3. The molecule has 2 N–H and O–H groups in total. The summed E-state index contributed by atoms with van der Waals surface area (Å²) in [4.78, 5) is 12.1. The molecule has 16 heavy (non-hydrogen) atoms. The number of nitrogens with one attached hydrogen (secondary N) is 2. The Balaban J connectivity index is 1.82. The summed E-state index contributed by atoms with van der Waals surface area (Å²) in [6.45, 7) is 4.81. The fourth-order valence-corrected chi connectivity index (χ4v) is 2.63. The van der Waals surface area contributed by atoms with E-state index in [1.807, 2.05) is 0 Å². The summed E-state index contributed by atoms with van der Waals surface area (Å²) in [7, 11) is 0. The van der Waals surface area contributed by atoms with Crippen LogP contribution in [0.25, 0.3) is 0 Å². The second-order valence-electron chi connectivity index (χ2n) is 4.76. The number of hydrogen-bond acceptors (Lipinski definition) is 3. The van der Waals surface area contributed by atoms with Crippen molar-refractivity contribution in [2.45, 2.75) is 44.8 Å². The third kappa shape index (κ3) is 2.74. The van der Waals surface area contributed by atoms with Gasteiger partial charge in [0.2, 0.25) is 5.91 Å². The van der Waals surface area contributed by atoms with Crippen molar-refractivity contribution in [3.63, 3.8) is 0 Å². The second-order valence-corrected chi connectivity index (χ2v) is 4.76. The minimum Gasteiger partial charge on any atom is -0.377 e. The average molecular weight is 226 g/mol. The van der Waals surface area contributed by atoms with E-state index in [1.165, 1.54) is 0 Å². The third-order valence-electron chi connectivity index (χ3n) is 3.59. The zero-order chi connectivity index (χ0) is 11.4. The van der Waals surface area contributed by atoms with Crippen LogP contribution in [0.5, 0.6) is 0 Å². The van der Waals surface area contributed by atoms with Gasteiger partial charge in [-0.05, 0) is 32.2 Å². The van der Waals surface area contributed by atoms with Gasteiger partial charge in [-0.3, -0.25) is 4.79 Å². The maximum Gasteiger partial charge on any atom is 0.226 e. The largest absolute Gasteiger partial charge is 0.377 e. The first-order chi connectivity index (χ1) is 7.81. The van der Waals surface area contributed by atoms with Crippen molar-refractivity contribution < 1.29 is 9.53 Å². The minimum absolute atomic E-state index is 0.0759. The zero-order valence-electron chi connectivity index (χ0n) is 10.00. The molecule has 2 rings (SSSR count). The van der Waals surface area contributed by atoms with Gasteiger partial charge in [-0.15, -0.1) is 0 Å². The van der Waals surface area contributed by atoms with Crippen LogP contribution in [0.1, 0.15) is 32.6 Å². The first-order valence-electron chi connectivity index (χ1n) is 6.44. The van der Waals surface area contributed by atoms with Crippen molar-refractivity contribution in [1.82, 2.24) is 10.6 Å². The molecule has 2 unspecified atom stereocenters. The summed E-state index contributed by atoms with van der Waals surface area (Å²) in [5, 5.41) is 6.45. The lowest BCUT2D eigenvalue weighted by Gasteiger charge is -2.26. The van der Waals surface area contributed by atoms with E-state index in [1.54, 1.807) is 0 Å². The lowest BCUT2D eigenvalue weighted by Crippen LogP contribution is -2.48. The Kier molecular flexibility index (Phi) is 4.18. The zero-order valence-corrected chi connectivity index (χ0v) is 10.00. The van der Waals surface area contributed by atoms with Gasteiger partial charge in [-0.2, -0.15) is 0 Å². The molecule has 1 amide bonds. The van der Waals surface area contributed by atoms with Crippen molar-refractivity contribution in [3.05, 3.63) is 0 Å². The van der Waals surface area contributed by atoms with Crippen molar-refractivity contribution in [3.8, 4) is 0 Å². The molecule has 4 nitrogen and oxygen atoms in total. The minimum atomic E-state index is 0.0759. The Morgan fingerprint density at radius 3 is 3.06 bits per heavy atom. The monoisotopic (exact) mass is 226 g/mol. The van der Waals surface area contributed by atoms with E-state index >= 15 is 0 Å². The van der Waals surface area contributed by atoms with Crippen LogP contribution in [0.2, 0.25) is 0 Å². The van der Waals surface area contributed by atoms with Gasteiger partial charge in [0.05, 0.1) is 12.0 Å². The summed E-state index contributed by atoms with van der Waals surface area (Å²) < 4.78 is 5.55. The molecule has 92 valence electrons. The molecule has 3 atom stereocenters. The van der Waals surface area contributed by atoms with Gasteiger partial charge < -0.3 is 15.4 Å². The van der Waals surface area contributed by atoms with Gasteiger partial charge in [0.1, 0.15) is 0 Å². The van der Waals surface area contributed by atoms with Crippen LogP contribution in [-0.4, -0.2) is 37.7 Å². The molecular weight excluding hydrogens is 204 g/mol. The van der Waals surface area contributed by atoms with Gasteiger partial charge in [0.15, 0.2) is 0 Å². The fraction of sp³-hybridized carbons (Fsp3) is 0.917.